The molecule has 0 aliphatic carbocycles. The lowest BCUT2D eigenvalue weighted by Gasteiger charge is -2.06. The number of benzene rings is 1. The van der Waals surface area contributed by atoms with Gasteiger partial charge in [-0.15, -0.1) is 0 Å². The summed E-state index contributed by atoms with van der Waals surface area (Å²) in [4.78, 5) is 15.4. The highest BCUT2D eigenvalue weighted by Gasteiger charge is 2.15. The first-order chi connectivity index (χ1) is 9.58. The number of hydrogen-bond donors (Lipinski definition) is 1. The van der Waals surface area contributed by atoms with E-state index >= 15 is 0 Å². The molecule has 0 unspecified atom stereocenters. The molecule has 100 valence electrons. The van der Waals surface area contributed by atoms with Gasteiger partial charge in [-0.25, -0.2) is 9.48 Å². The van der Waals surface area contributed by atoms with Crippen molar-refractivity contribution in [1.29, 1.82) is 0 Å². The number of pyridine rings is 1. The van der Waals surface area contributed by atoms with E-state index in [2.05, 4.69) is 10.1 Å². The minimum atomic E-state index is -1.05. The van der Waals surface area contributed by atoms with Gasteiger partial charge in [-0.2, -0.15) is 5.10 Å². The lowest BCUT2D eigenvalue weighted by Crippen LogP contribution is -2.02. The van der Waals surface area contributed by atoms with Crippen LogP contribution in [0.3, 0.4) is 0 Å². The van der Waals surface area contributed by atoms with E-state index in [1.807, 2.05) is 6.07 Å². The van der Waals surface area contributed by atoms with E-state index in [1.165, 1.54) is 4.68 Å². The van der Waals surface area contributed by atoms with Crippen molar-refractivity contribution in [3.05, 3.63) is 52.9 Å². The highest BCUT2D eigenvalue weighted by molar-refractivity contribution is 6.35. The van der Waals surface area contributed by atoms with E-state index in [0.717, 1.165) is 5.39 Å². The molecule has 0 saturated carbocycles. The van der Waals surface area contributed by atoms with Gasteiger partial charge in [-0.05, 0) is 31.2 Å². The number of aromatic nitrogens is 3. The minimum Gasteiger partial charge on any atom is -0.476 e. The molecule has 0 atom stereocenters. The fourth-order valence-corrected chi connectivity index (χ4v) is 2.32. The highest BCUT2D eigenvalue weighted by Crippen LogP contribution is 2.27. The minimum absolute atomic E-state index is 0.0315. The first kappa shape index (κ1) is 12.6. The Balaban J connectivity index is 2.28. The van der Waals surface area contributed by atoms with Crippen molar-refractivity contribution in [2.75, 3.05) is 0 Å². The maximum atomic E-state index is 11.1. The molecule has 0 aliphatic heterocycles. The predicted octanol–water partition coefficient (Wildman–Crippen LogP) is 3.08. The zero-order chi connectivity index (χ0) is 14.3. The zero-order valence-corrected chi connectivity index (χ0v) is 11.3. The highest BCUT2D eigenvalue weighted by atomic mass is 35.5. The van der Waals surface area contributed by atoms with Crippen molar-refractivity contribution in [3.63, 3.8) is 0 Å². The summed E-state index contributed by atoms with van der Waals surface area (Å²) in [6.07, 6.45) is 3.33. The second-order valence-corrected chi connectivity index (χ2v) is 4.78. The zero-order valence-electron chi connectivity index (χ0n) is 10.5. The van der Waals surface area contributed by atoms with Crippen LogP contribution in [0, 0.1) is 6.92 Å². The Hall–Kier alpha value is -2.40. The fourth-order valence-electron chi connectivity index (χ4n) is 2.10. The number of fused-ring (bicyclic) bond motifs is 1. The number of carboxylic acids is 1. The van der Waals surface area contributed by atoms with Gasteiger partial charge < -0.3 is 5.11 Å². The monoisotopic (exact) mass is 287 g/mol. The SMILES string of the molecule is Cc1cn(-c2ccc(Cl)c3cccnc23)nc1C(=O)O. The van der Waals surface area contributed by atoms with Gasteiger partial charge >= 0.3 is 5.97 Å². The summed E-state index contributed by atoms with van der Waals surface area (Å²) in [5.74, 6) is -1.05. The summed E-state index contributed by atoms with van der Waals surface area (Å²) < 4.78 is 1.52. The van der Waals surface area contributed by atoms with Crippen molar-refractivity contribution in [2.45, 2.75) is 6.92 Å². The van der Waals surface area contributed by atoms with Gasteiger partial charge in [0.1, 0.15) is 0 Å². The van der Waals surface area contributed by atoms with E-state index in [1.54, 1.807) is 37.5 Å². The largest absolute Gasteiger partial charge is 0.476 e. The van der Waals surface area contributed by atoms with Crippen molar-refractivity contribution in [3.8, 4) is 5.69 Å². The normalized spacial score (nSPS) is 10.9. The van der Waals surface area contributed by atoms with Crippen LogP contribution < -0.4 is 0 Å². The van der Waals surface area contributed by atoms with Crippen LogP contribution in [0.15, 0.2) is 36.7 Å². The molecule has 3 rings (SSSR count). The molecule has 1 aromatic carbocycles. The van der Waals surface area contributed by atoms with Gasteiger partial charge in [0.15, 0.2) is 5.69 Å². The smallest absolute Gasteiger partial charge is 0.356 e. The standard InChI is InChI=1S/C14H10ClN3O2/c1-8-7-18(17-12(8)14(19)20)11-5-4-10(15)9-3-2-6-16-13(9)11/h2-7H,1H3,(H,19,20). The summed E-state index contributed by atoms with van der Waals surface area (Å²) in [5.41, 5.74) is 2.00. The lowest BCUT2D eigenvalue weighted by molar-refractivity contribution is 0.0689. The third-order valence-electron chi connectivity index (χ3n) is 3.04. The third-order valence-corrected chi connectivity index (χ3v) is 3.37. The molecule has 0 aliphatic rings. The van der Waals surface area contributed by atoms with E-state index in [9.17, 15) is 4.79 Å². The number of aryl methyl sites for hydroxylation is 1. The van der Waals surface area contributed by atoms with Crippen molar-refractivity contribution in [2.24, 2.45) is 0 Å². The van der Waals surface area contributed by atoms with E-state index in [0.29, 0.717) is 21.8 Å². The number of aromatic carboxylic acids is 1. The molecule has 0 saturated heterocycles. The summed E-state index contributed by atoms with van der Waals surface area (Å²) in [7, 11) is 0. The van der Waals surface area contributed by atoms with Crippen LogP contribution in [-0.2, 0) is 0 Å². The molecule has 0 spiro atoms. The van der Waals surface area contributed by atoms with Crippen molar-refractivity contribution in [1.82, 2.24) is 14.8 Å². The summed E-state index contributed by atoms with van der Waals surface area (Å²) in [6.45, 7) is 1.71. The van der Waals surface area contributed by atoms with Gasteiger partial charge in [0.2, 0.25) is 0 Å². The summed E-state index contributed by atoms with van der Waals surface area (Å²) in [5, 5.41) is 14.6. The van der Waals surface area contributed by atoms with E-state index < -0.39 is 5.97 Å². The lowest BCUT2D eigenvalue weighted by atomic mass is 10.2. The van der Waals surface area contributed by atoms with Crippen LogP contribution >= 0.6 is 11.6 Å². The van der Waals surface area contributed by atoms with Gasteiger partial charge in [-0.3, -0.25) is 4.98 Å². The molecule has 0 fully saturated rings. The Bertz CT molecular complexity index is 826. The molecular formula is C14H10ClN3O2. The molecule has 20 heavy (non-hydrogen) atoms. The van der Waals surface area contributed by atoms with Crippen LogP contribution in [-0.4, -0.2) is 25.8 Å². The Labute approximate surface area is 119 Å². The van der Waals surface area contributed by atoms with E-state index in [-0.39, 0.29) is 5.69 Å². The van der Waals surface area contributed by atoms with Crippen LogP contribution in [0.4, 0.5) is 0 Å². The number of nitrogens with zero attached hydrogens (tertiary/aromatic N) is 3. The molecule has 2 aromatic heterocycles. The Morgan fingerprint density at radius 3 is 2.85 bits per heavy atom. The number of carbonyl (C=O) groups is 1. The second kappa shape index (κ2) is 4.61. The van der Waals surface area contributed by atoms with Crippen LogP contribution in [0.2, 0.25) is 5.02 Å². The molecule has 0 amide bonds. The molecule has 5 nitrogen and oxygen atoms in total. The summed E-state index contributed by atoms with van der Waals surface area (Å²) in [6, 6.07) is 7.19. The number of halogens is 1. The fraction of sp³-hybridized carbons (Fsp3) is 0.0714. The Kier molecular flexibility index (Phi) is 2.91. The number of carboxylic acid groups (broad SMARTS) is 1. The Morgan fingerprint density at radius 2 is 2.15 bits per heavy atom. The molecular weight excluding hydrogens is 278 g/mol. The number of rotatable bonds is 2. The van der Waals surface area contributed by atoms with Crippen LogP contribution in [0.25, 0.3) is 16.6 Å². The topological polar surface area (TPSA) is 68.0 Å². The maximum absolute atomic E-state index is 11.1. The average Bonchev–Trinajstić information content (AvgIpc) is 2.81. The van der Waals surface area contributed by atoms with Gasteiger partial charge in [-0.1, -0.05) is 11.6 Å². The second-order valence-electron chi connectivity index (χ2n) is 4.38. The molecule has 2 heterocycles. The van der Waals surface area contributed by atoms with Gasteiger partial charge in [0, 0.05) is 23.3 Å². The predicted molar refractivity (Wildman–Crippen MR) is 75.6 cm³/mol. The van der Waals surface area contributed by atoms with Crippen molar-refractivity contribution < 1.29 is 9.90 Å². The van der Waals surface area contributed by atoms with Gasteiger partial charge in [0.05, 0.1) is 16.2 Å². The molecule has 1 N–H and O–H groups in total. The first-order valence-corrected chi connectivity index (χ1v) is 6.29. The average molecular weight is 288 g/mol. The summed E-state index contributed by atoms with van der Waals surface area (Å²) >= 11 is 6.14. The van der Waals surface area contributed by atoms with Crippen LogP contribution in [0.1, 0.15) is 16.1 Å². The van der Waals surface area contributed by atoms with Crippen LogP contribution in [0.5, 0.6) is 0 Å². The Morgan fingerprint density at radius 1 is 1.35 bits per heavy atom. The maximum Gasteiger partial charge on any atom is 0.356 e. The van der Waals surface area contributed by atoms with Gasteiger partial charge in [0.25, 0.3) is 0 Å². The third kappa shape index (κ3) is 1.92. The molecule has 3 aromatic rings. The molecule has 0 bridgehead atoms. The molecule has 6 heteroatoms. The van der Waals surface area contributed by atoms with E-state index in [4.69, 9.17) is 16.7 Å². The molecule has 0 radical (unpaired) electrons. The first-order valence-electron chi connectivity index (χ1n) is 5.91. The van der Waals surface area contributed by atoms with Crippen molar-refractivity contribution >= 4 is 28.5 Å². The number of hydrogen-bond acceptors (Lipinski definition) is 3. The quantitative estimate of drug-likeness (QED) is 0.786.